The molecule has 0 aliphatic rings. The van der Waals surface area contributed by atoms with Crippen molar-refractivity contribution in [3.05, 3.63) is 84.2 Å². The highest BCUT2D eigenvalue weighted by molar-refractivity contribution is 5.86. The number of primary amides is 1. The molecule has 3 aromatic rings. The van der Waals surface area contributed by atoms with Crippen molar-refractivity contribution in [2.75, 3.05) is 7.11 Å². The Labute approximate surface area is 140 Å². The average molecular weight is 318 g/mol. The first-order valence-electron chi connectivity index (χ1n) is 7.62. The lowest BCUT2D eigenvalue weighted by Gasteiger charge is -2.16. The van der Waals surface area contributed by atoms with Crippen molar-refractivity contribution < 1.29 is 9.53 Å². The fourth-order valence-corrected chi connectivity index (χ4v) is 2.75. The van der Waals surface area contributed by atoms with Crippen LogP contribution in [0.2, 0.25) is 0 Å². The smallest absolute Gasteiger partial charge is 0.229 e. The zero-order chi connectivity index (χ0) is 16.9. The number of rotatable bonds is 5. The van der Waals surface area contributed by atoms with Crippen LogP contribution in [-0.4, -0.2) is 18.0 Å². The molecule has 0 spiro atoms. The second kappa shape index (κ2) is 6.96. The normalized spacial score (nSPS) is 11.7. The van der Waals surface area contributed by atoms with Crippen molar-refractivity contribution in [3.63, 3.8) is 0 Å². The van der Waals surface area contributed by atoms with Gasteiger partial charge in [-0.25, -0.2) is 0 Å². The summed E-state index contributed by atoms with van der Waals surface area (Å²) < 4.78 is 5.24. The maximum Gasteiger partial charge on any atom is 0.229 e. The van der Waals surface area contributed by atoms with Crippen LogP contribution in [0.3, 0.4) is 0 Å². The van der Waals surface area contributed by atoms with Gasteiger partial charge in [0.1, 0.15) is 5.75 Å². The minimum absolute atomic E-state index is 0.389. The van der Waals surface area contributed by atoms with Crippen molar-refractivity contribution in [2.24, 2.45) is 5.73 Å². The van der Waals surface area contributed by atoms with Gasteiger partial charge >= 0.3 is 0 Å². The van der Waals surface area contributed by atoms with Crippen LogP contribution in [0.25, 0.3) is 11.1 Å². The molecule has 0 aliphatic heterocycles. The number of nitrogens with zero attached hydrogens (tertiary/aromatic N) is 1. The standard InChI is InChI=1S/C20H18N2O2/c1-24-18-4-2-3-17(13-18)19(20(21)23)16-7-5-14(6-8-16)15-9-11-22-12-10-15/h2-13,19H,1H3,(H2,21,23). The molecule has 1 unspecified atom stereocenters. The minimum Gasteiger partial charge on any atom is -0.497 e. The molecule has 0 saturated heterocycles. The number of hydrogen-bond donors (Lipinski definition) is 1. The molecule has 4 nitrogen and oxygen atoms in total. The molecular weight excluding hydrogens is 300 g/mol. The van der Waals surface area contributed by atoms with E-state index in [4.69, 9.17) is 10.5 Å². The molecule has 0 saturated carbocycles. The third-order valence-corrected chi connectivity index (χ3v) is 3.97. The van der Waals surface area contributed by atoms with Crippen molar-refractivity contribution >= 4 is 5.91 Å². The fourth-order valence-electron chi connectivity index (χ4n) is 2.75. The van der Waals surface area contributed by atoms with Gasteiger partial charge in [0.2, 0.25) is 5.91 Å². The van der Waals surface area contributed by atoms with E-state index in [0.29, 0.717) is 5.75 Å². The summed E-state index contributed by atoms with van der Waals surface area (Å²) in [7, 11) is 1.60. The van der Waals surface area contributed by atoms with Gasteiger partial charge in [0, 0.05) is 12.4 Å². The third kappa shape index (κ3) is 3.27. The number of amides is 1. The van der Waals surface area contributed by atoms with Crippen LogP contribution < -0.4 is 10.5 Å². The lowest BCUT2D eigenvalue weighted by molar-refractivity contribution is -0.118. The Kier molecular flexibility index (Phi) is 4.57. The number of hydrogen-bond acceptors (Lipinski definition) is 3. The molecule has 2 aromatic carbocycles. The first kappa shape index (κ1) is 15.7. The summed E-state index contributed by atoms with van der Waals surface area (Å²) in [6, 6.07) is 19.2. The minimum atomic E-state index is -0.508. The van der Waals surface area contributed by atoms with Crippen LogP contribution in [0.4, 0.5) is 0 Å². The molecule has 1 aromatic heterocycles. The molecule has 2 N–H and O–H groups in total. The zero-order valence-electron chi connectivity index (χ0n) is 13.3. The van der Waals surface area contributed by atoms with E-state index in [1.807, 2.05) is 60.7 Å². The van der Waals surface area contributed by atoms with Gasteiger partial charge in [-0.3, -0.25) is 9.78 Å². The largest absolute Gasteiger partial charge is 0.497 e. The van der Waals surface area contributed by atoms with Gasteiger partial charge in [-0.1, -0.05) is 36.4 Å². The van der Waals surface area contributed by atoms with E-state index in [0.717, 1.165) is 22.3 Å². The van der Waals surface area contributed by atoms with Crippen LogP contribution in [-0.2, 0) is 4.79 Å². The van der Waals surface area contributed by atoms with Crippen molar-refractivity contribution in [1.29, 1.82) is 0 Å². The van der Waals surface area contributed by atoms with E-state index < -0.39 is 5.92 Å². The quantitative estimate of drug-likeness (QED) is 0.784. The van der Waals surface area contributed by atoms with Crippen LogP contribution in [0.1, 0.15) is 17.0 Å². The molecule has 1 atom stereocenters. The molecule has 1 amide bonds. The Morgan fingerprint density at radius 1 is 0.958 bits per heavy atom. The maximum atomic E-state index is 12.0. The molecule has 24 heavy (non-hydrogen) atoms. The highest BCUT2D eigenvalue weighted by Gasteiger charge is 2.20. The van der Waals surface area contributed by atoms with Gasteiger partial charge in [0.15, 0.2) is 0 Å². The Balaban J connectivity index is 1.96. The third-order valence-electron chi connectivity index (χ3n) is 3.97. The van der Waals surface area contributed by atoms with E-state index in [1.54, 1.807) is 19.5 Å². The number of aromatic nitrogens is 1. The number of carbonyl (C=O) groups is 1. The van der Waals surface area contributed by atoms with E-state index in [1.165, 1.54) is 0 Å². The topological polar surface area (TPSA) is 65.2 Å². The number of carbonyl (C=O) groups excluding carboxylic acids is 1. The molecule has 0 bridgehead atoms. The molecular formula is C20H18N2O2. The first-order valence-corrected chi connectivity index (χ1v) is 7.62. The predicted molar refractivity (Wildman–Crippen MR) is 93.7 cm³/mol. The molecule has 1 heterocycles. The van der Waals surface area contributed by atoms with Crippen molar-refractivity contribution in [1.82, 2.24) is 4.98 Å². The summed E-state index contributed by atoms with van der Waals surface area (Å²) in [5.74, 6) is -0.196. The summed E-state index contributed by atoms with van der Waals surface area (Å²) in [6.07, 6.45) is 3.51. The van der Waals surface area contributed by atoms with Crippen LogP contribution >= 0.6 is 0 Å². The summed E-state index contributed by atoms with van der Waals surface area (Å²) in [6.45, 7) is 0. The fraction of sp³-hybridized carbons (Fsp3) is 0.100. The van der Waals surface area contributed by atoms with Crippen LogP contribution in [0.5, 0.6) is 5.75 Å². The summed E-state index contributed by atoms with van der Waals surface area (Å²) >= 11 is 0. The van der Waals surface area contributed by atoms with Gasteiger partial charge < -0.3 is 10.5 Å². The summed E-state index contributed by atoms with van der Waals surface area (Å²) in [5.41, 5.74) is 9.47. The number of ether oxygens (including phenoxy) is 1. The highest BCUT2D eigenvalue weighted by atomic mass is 16.5. The second-order valence-corrected chi connectivity index (χ2v) is 5.47. The molecule has 0 radical (unpaired) electrons. The Morgan fingerprint density at radius 2 is 1.62 bits per heavy atom. The number of benzene rings is 2. The Hall–Kier alpha value is -3.14. The predicted octanol–water partition coefficient (Wildman–Crippen LogP) is 3.37. The van der Waals surface area contributed by atoms with Crippen molar-refractivity contribution in [3.8, 4) is 16.9 Å². The molecule has 0 aliphatic carbocycles. The number of nitrogens with two attached hydrogens (primary N) is 1. The van der Waals surface area contributed by atoms with Gasteiger partial charge in [0.05, 0.1) is 13.0 Å². The Morgan fingerprint density at radius 3 is 2.25 bits per heavy atom. The number of pyridine rings is 1. The number of methoxy groups -OCH3 is 1. The van der Waals surface area contributed by atoms with Crippen molar-refractivity contribution in [2.45, 2.75) is 5.92 Å². The molecule has 3 rings (SSSR count). The maximum absolute atomic E-state index is 12.0. The lowest BCUT2D eigenvalue weighted by Crippen LogP contribution is -2.22. The van der Waals surface area contributed by atoms with E-state index in [9.17, 15) is 4.79 Å². The average Bonchev–Trinajstić information content (AvgIpc) is 2.63. The molecule has 120 valence electrons. The summed E-state index contributed by atoms with van der Waals surface area (Å²) in [5, 5.41) is 0. The Bertz CT molecular complexity index is 830. The van der Waals surface area contributed by atoms with E-state index in [-0.39, 0.29) is 5.91 Å². The summed E-state index contributed by atoms with van der Waals surface area (Å²) in [4.78, 5) is 16.1. The molecule has 0 fully saturated rings. The van der Waals surface area contributed by atoms with Gasteiger partial charge in [0.25, 0.3) is 0 Å². The SMILES string of the molecule is COc1cccc(C(C(N)=O)c2ccc(-c3ccncc3)cc2)c1. The van der Waals surface area contributed by atoms with Crippen LogP contribution in [0.15, 0.2) is 73.1 Å². The van der Waals surface area contributed by atoms with E-state index in [2.05, 4.69) is 4.98 Å². The van der Waals surface area contributed by atoms with Crippen LogP contribution in [0, 0.1) is 0 Å². The van der Waals surface area contributed by atoms with Gasteiger partial charge in [-0.2, -0.15) is 0 Å². The second-order valence-electron chi connectivity index (χ2n) is 5.47. The van der Waals surface area contributed by atoms with E-state index >= 15 is 0 Å². The monoisotopic (exact) mass is 318 g/mol. The van der Waals surface area contributed by atoms with Gasteiger partial charge in [-0.15, -0.1) is 0 Å². The zero-order valence-corrected chi connectivity index (χ0v) is 13.3. The van der Waals surface area contributed by atoms with Gasteiger partial charge in [-0.05, 0) is 46.5 Å². The molecule has 4 heteroatoms. The first-order chi connectivity index (χ1) is 11.7. The highest BCUT2D eigenvalue weighted by Crippen LogP contribution is 2.29. The lowest BCUT2D eigenvalue weighted by atomic mass is 9.89.